The Morgan fingerprint density at radius 3 is 2.86 bits per heavy atom. The Bertz CT molecular complexity index is 823. The molecule has 1 atom stereocenters. The molecule has 7 heteroatoms. The summed E-state index contributed by atoms with van der Waals surface area (Å²) < 4.78 is 0.914. The van der Waals surface area contributed by atoms with E-state index in [2.05, 4.69) is 4.98 Å². The van der Waals surface area contributed by atoms with Crippen LogP contribution in [0.3, 0.4) is 0 Å². The van der Waals surface area contributed by atoms with E-state index >= 15 is 0 Å². The van der Waals surface area contributed by atoms with E-state index in [4.69, 9.17) is 0 Å². The lowest BCUT2D eigenvalue weighted by molar-refractivity contribution is -0.133. The number of likely N-dealkylation sites (tertiary alicyclic amines) is 1. The second-order valence-corrected chi connectivity index (χ2v) is 5.43. The number of aromatic amines is 1. The zero-order valence-corrected chi connectivity index (χ0v) is 12.0. The molecule has 0 spiro atoms. The molecule has 22 heavy (non-hydrogen) atoms. The molecule has 2 aromatic rings. The second kappa shape index (κ2) is 5.76. The molecule has 7 nitrogen and oxygen atoms in total. The minimum Gasteiger partial charge on any atom is -0.394 e. The molecule has 2 N–H and O–H groups in total. The molecular weight excluding hydrogens is 286 g/mol. The molecule has 1 saturated heterocycles. The van der Waals surface area contributed by atoms with Crippen LogP contribution >= 0.6 is 0 Å². The molecule has 0 aliphatic carbocycles. The van der Waals surface area contributed by atoms with Crippen molar-refractivity contribution in [3.05, 3.63) is 45.1 Å². The van der Waals surface area contributed by atoms with Gasteiger partial charge in [-0.3, -0.25) is 14.2 Å². The number of nitrogens with one attached hydrogen (secondary N) is 1. The van der Waals surface area contributed by atoms with Crippen LogP contribution in [-0.2, 0) is 11.3 Å². The van der Waals surface area contributed by atoms with Crippen molar-refractivity contribution in [3.63, 3.8) is 0 Å². The number of aliphatic hydroxyl groups is 1. The Morgan fingerprint density at radius 1 is 1.32 bits per heavy atom. The Labute approximate surface area is 125 Å². The lowest BCUT2D eigenvalue weighted by Gasteiger charge is -2.23. The fraction of sp³-hybridized carbons (Fsp3) is 0.400. The monoisotopic (exact) mass is 303 g/mol. The van der Waals surface area contributed by atoms with Crippen molar-refractivity contribution < 1.29 is 9.90 Å². The molecule has 1 aromatic heterocycles. The first-order valence-electron chi connectivity index (χ1n) is 7.24. The first-order valence-corrected chi connectivity index (χ1v) is 7.24. The summed E-state index contributed by atoms with van der Waals surface area (Å²) in [5, 5.41) is 9.64. The molecule has 116 valence electrons. The summed E-state index contributed by atoms with van der Waals surface area (Å²) >= 11 is 0. The lowest BCUT2D eigenvalue weighted by atomic mass is 10.2. The molecule has 1 fully saturated rings. The van der Waals surface area contributed by atoms with Crippen LogP contribution in [0.1, 0.15) is 12.8 Å². The van der Waals surface area contributed by atoms with Gasteiger partial charge < -0.3 is 15.0 Å². The number of hydrogen-bond donors (Lipinski definition) is 2. The number of carbonyl (C=O) groups excluding carboxylic acids is 1. The summed E-state index contributed by atoms with van der Waals surface area (Å²) in [6.45, 7) is 0.133. The van der Waals surface area contributed by atoms with Gasteiger partial charge in [-0.15, -0.1) is 0 Å². The van der Waals surface area contributed by atoms with Crippen molar-refractivity contribution in [2.24, 2.45) is 0 Å². The lowest BCUT2D eigenvalue weighted by Crippen LogP contribution is -2.44. The van der Waals surface area contributed by atoms with Gasteiger partial charge in [0.15, 0.2) is 0 Å². The average Bonchev–Trinajstić information content (AvgIpc) is 3.00. The summed E-state index contributed by atoms with van der Waals surface area (Å²) in [6, 6.07) is 6.47. The Hall–Kier alpha value is -2.41. The molecular formula is C15H17N3O4. The molecule has 1 aliphatic heterocycles. The number of benzene rings is 1. The molecule has 1 aliphatic rings. The normalized spacial score (nSPS) is 18.0. The van der Waals surface area contributed by atoms with Crippen LogP contribution in [0.2, 0.25) is 0 Å². The number of fused-ring (bicyclic) bond motifs is 1. The maximum absolute atomic E-state index is 12.4. The highest BCUT2D eigenvalue weighted by Gasteiger charge is 2.28. The molecule has 0 radical (unpaired) electrons. The Kier molecular flexibility index (Phi) is 3.81. The molecule has 3 rings (SSSR count). The van der Waals surface area contributed by atoms with Gasteiger partial charge >= 0.3 is 5.69 Å². The van der Waals surface area contributed by atoms with E-state index < -0.39 is 11.2 Å². The van der Waals surface area contributed by atoms with Crippen molar-refractivity contribution in [1.29, 1.82) is 0 Å². The molecule has 0 bridgehead atoms. The van der Waals surface area contributed by atoms with Gasteiger partial charge in [-0.05, 0) is 25.0 Å². The van der Waals surface area contributed by atoms with E-state index in [0.717, 1.165) is 17.4 Å². The van der Waals surface area contributed by atoms with Gasteiger partial charge in [0.05, 0.1) is 23.6 Å². The first-order chi connectivity index (χ1) is 10.6. The maximum atomic E-state index is 12.4. The Morgan fingerprint density at radius 2 is 2.09 bits per heavy atom. The largest absolute Gasteiger partial charge is 0.394 e. The van der Waals surface area contributed by atoms with Crippen LogP contribution in [0.15, 0.2) is 33.9 Å². The van der Waals surface area contributed by atoms with E-state index in [0.29, 0.717) is 17.4 Å². The highest BCUT2D eigenvalue weighted by atomic mass is 16.3. The number of H-pyrrole nitrogens is 1. The fourth-order valence-corrected chi connectivity index (χ4v) is 2.92. The number of nitrogens with zero attached hydrogens (tertiary/aromatic N) is 2. The average molecular weight is 303 g/mol. The molecule has 0 unspecified atom stereocenters. The van der Waals surface area contributed by atoms with Gasteiger partial charge in [0.25, 0.3) is 5.56 Å². The van der Waals surface area contributed by atoms with E-state index in [9.17, 15) is 19.5 Å². The highest BCUT2D eigenvalue weighted by Crippen LogP contribution is 2.16. The summed E-state index contributed by atoms with van der Waals surface area (Å²) in [6.07, 6.45) is 1.56. The first kappa shape index (κ1) is 14.5. The number of para-hydroxylation sites is 1. The number of hydrogen-bond acceptors (Lipinski definition) is 4. The van der Waals surface area contributed by atoms with Gasteiger partial charge in [0.2, 0.25) is 5.91 Å². The molecule has 2 heterocycles. The fourth-order valence-electron chi connectivity index (χ4n) is 2.92. The van der Waals surface area contributed by atoms with Crippen LogP contribution in [0.5, 0.6) is 0 Å². The van der Waals surface area contributed by atoms with E-state index in [-0.39, 0.29) is 25.1 Å². The van der Waals surface area contributed by atoms with E-state index in [1.165, 1.54) is 0 Å². The van der Waals surface area contributed by atoms with Crippen molar-refractivity contribution in [2.75, 3.05) is 13.2 Å². The van der Waals surface area contributed by atoms with Gasteiger partial charge in [-0.2, -0.15) is 0 Å². The number of aromatic nitrogens is 2. The van der Waals surface area contributed by atoms with E-state index in [1.807, 2.05) is 0 Å². The third-order valence-corrected chi connectivity index (χ3v) is 4.09. The summed E-state index contributed by atoms with van der Waals surface area (Å²) in [7, 11) is 0. The van der Waals surface area contributed by atoms with Crippen LogP contribution in [0.25, 0.3) is 10.9 Å². The van der Waals surface area contributed by atoms with Crippen LogP contribution in [0, 0.1) is 0 Å². The van der Waals surface area contributed by atoms with Crippen LogP contribution in [-0.4, -0.2) is 44.7 Å². The third kappa shape index (κ3) is 2.43. The number of amides is 1. The van der Waals surface area contributed by atoms with Crippen LogP contribution in [0.4, 0.5) is 0 Å². The summed E-state index contributed by atoms with van der Waals surface area (Å²) in [5.74, 6) is -0.320. The van der Waals surface area contributed by atoms with Crippen molar-refractivity contribution >= 4 is 16.8 Å². The summed E-state index contributed by atoms with van der Waals surface area (Å²) in [4.78, 5) is 40.9. The van der Waals surface area contributed by atoms with Crippen molar-refractivity contribution in [1.82, 2.24) is 14.5 Å². The van der Waals surface area contributed by atoms with Gasteiger partial charge in [-0.25, -0.2) is 4.79 Å². The second-order valence-electron chi connectivity index (χ2n) is 5.43. The van der Waals surface area contributed by atoms with Gasteiger partial charge in [-0.1, -0.05) is 12.1 Å². The van der Waals surface area contributed by atoms with Crippen molar-refractivity contribution in [2.45, 2.75) is 25.4 Å². The minimum absolute atomic E-state index is 0.102. The standard InChI is InChI=1S/C15H17N3O4/c19-9-10-4-3-7-17(10)13(20)8-18-14(21)11-5-1-2-6-12(11)16-15(18)22/h1-2,5-6,10,19H,3-4,7-9H2,(H,16,22)/t10-/m0/s1. The van der Waals surface area contributed by atoms with Crippen molar-refractivity contribution in [3.8, 4) is 0 Å². The predicted octanol–water partition coefficient (Wildman–Crippen LogP) is -0.327. The summed E-state index contributed by atoms with van der Waals surface area (Å²) in [5.41, 5.74) is -0.625. The Balaban J connectivity index is 1.96. The SMILES string of the molecule is O=C(Cn1c(=O)[nH]c2ccccc2c1=O)N1CCC[C@H]1CO. The molecule has 1 amide bonds. The third-order valence-electron chi connectivity index (χ3n) is 4.09. The van der Waals surface area contributed by atoms with Crippen LogP contribution < -0.4 is 11.2 Å². The zero-order chi connectivity index (χ0) is 15.7. The smallest absolute Gasteiger partial charge is 0.329 e. The highest BCUT2D eigenvalue weighted by molar-refractivity contribution is 5.79. The number of aliphatic hydroxyl groups excluding tert-OH is 1. The number of carbonyl (C=O) groups is 1. The predicted molar refractivity (Wildman–Crippen MR) is 80.6 cm³/mol. The van der Waals surface area contributed by atoms with Gasteiger partial charge in [0, 0.05) is 6.54 Å². The minimum atomic E-state index is -0.600. The van der Waals surface area contributed by atoms with E-state index in [1.54, 1.807) is 29.2 Å². The zero-order valence-electron chi connectivity index (χ0n) is 12.0. The maximum Gasteiger partial charge on any atom is 0.329 e. The number of rotatable bonds is 3. The molecule has 1 aromatic carbocycles. The quantitative estimate of drug-likeness (QED) is 0.812. The molecule has 0 saturated carbocycles. The van der Waals surface area contributed by atoms with Gasteiger partial charge in [0.1, 0.15) is 6.54 Å². The topological polar surface area (TPSA) is 95.4 Å².